The van der Waals surface area contributed by atoms with Gasteiger partial charge in [-0.2, -0.15) is 0 Å². The Morgan fingerprint density at radius 1 is 0.833 bits per heavy atom. The predicted molar refractivity (Wildman–Crippen MR) is 80.1 cm³/mol. The van der Waals surface area contributed by atoms with Crippen LogP contribution in [0.5, 0.6) is 0 Å². The molecule has 0 N–H and O–H groups in total. The van der Waals surface area contributed by atoms with Crippen molar-refractivity contribution >= 4 is 23.1 Å². The zero-order valence-electron chi connectivity index (χ0n) is 9.91. The highest BCUT2D eigenvalue weighted by Crippen LogP contribution is 2.41. The topological polar surface area (TPSA) is 3.24 Å². The molecule has 2 heteroatoms. The molecular weight excluding hydrogens is 238 g/mol. The van der Waals surface area contributed by atoms with Gasteiger partial charge in [0, 0.05) is 11.1 Å². The summed E-state index contributed by atoms with van der Waals surface area (Å²) in [6, 6.07) is 20.7. The van der Waals surface area contributed by atoms with E-state index in [4.69, 9.17) is 0 Å². The molecule has 0 radical (unpaired) electrons. The van der Waals surface area contributed by atoms with Gasteiger partial charge in [0.1, 0.15) is 0 Å². The number of nitrogens with zero attached hydrogens (tertiary/aromatic N) is 1. The highest BCUT2D eigenvalue weighted by Gasteiger charge is 2.22. The van der Waals surface area contributed by atoms with E-state index in [2.05, 4.69) is 53.3 Å². The van der Waals surface area contributed by atoms with Crippen molar-refractivity contribution in [2.75, 3.05) is 4.90 Å². The normalized spacial score (nSPS) is 14.8. The summed E-state index contributed by atoms with van der Waals surface area (Å²) in [5, 5.41) is 3.20. The molecule has 1 aliphatic rings. The van der Waals surface area contributed by atoms with Crippen LogP contribution in [-0.4, -0.2) is 0 Å². The van der Waals surface area contributed by atoms with E-state index in [1.807, 2.05) is 24.3 Å². The molecule has 0 spiro atoms. The first-order valence-electron chi connectivity index (χ1n) is 5.82. The number of thioether (sulfide) groups is 1. The van der Waals surface area contributed by atoms with Crippen LogP contribution in [0.25, 0.3) is 5.70 Å². The number of benzene rings is 2. The average molecular weight is 251 g/mol. The summed E-state index contributed by atoms with van der Waals surface area (Å²) in [5.41, 5.74) is 3.56. The van der Waals surface area contributed by atoms with E-state index in [0.29, 0.717) is 0 Å². The van der Waals surface area contributed by atoms with Gasteiger partial charge in [-0.25, -0.2) is 0 Å². The Hall–Kier alpha value is -1.93. The van der Waals surface area contributed by atoms with Crippen LogP contribution in [0.1, 0.15) is 5.56 Å². The lowest BCUT2D eigenvalue weighted by Gasteiger charge is -2.23. The van der Waals surface area contributed by atoms with Gasteiger partial charge in [0.05, 0.1) is 10.7 Å². The monoisotopic (exact) mass is 251 g/mol. The molecule has 1 nitrogen and oxygen atoms in total. The van der Waals surface area contributed by atoms with E-state index in [0.717, 1.165) is 10.7 Å². The molecule has 0 aliphatic carbocycles. The average Bonchev–Trinajstić information content (AvgIpc) is 2.83. The third kappa shape index (κ3) is 1.95. The van der Waals surface area contributed by atoms with Crippen molar-refractivity contribution in [2.45, 2.75) is 0 Å². The van der Waals surface area contributed by atoms with E-state index in [-0.39, 0.29) is 0 Å². The minimum atomic E-state index is 1.04. The minimum absolute atomic E-state index is 1.04. The Morgan fingerprint density at radius 2 is 1.44 bits per heavy atom. The number of anilines is 1. The third-order valence-electron chi connectivity index (χ3n) is 2.88. The van der Waals surface area contributed by atoms with Crippen molar-refractivity contribution in [1.29, 1.82) is 0 Å². The number of para-hydroxylation sites is 1. The van der Waals surface area contributed by atoms with Gasteiger partial charge >= 0.3 is 0 Å². The molecule has 0 fully saturated rings. The van der Waals surface area contributed by atoms with Crippen molar-refractivity contribution in [3.63, 3.8) is 0 Å². The van der Waals surface area contributed by atoms with E-state index in [1.54, 1.807) is 11.8 Å². The molecule has 2 aromatic carbocycles. The Labute approximate surface area is 111 Å². The van der Waals surface area contributed by atoms with Gasteiger partial charge in [0.15, 0.2) is 0 Å². The van der Waals surface area contributed by atoms with Crippen LogP contribution in [0, 0.1) is 0 Å². The maximum Gasteiger partial charge on any atom is 0.0768 e. The van der Waals surface area contributed by atoms with Crippen molar-refractivity contribution in [3.05, 3.63) is 83.2 Å². The zero-order chi connectivity index (χ0) is 12.4. The Bertz CT molecular complexity index is 587. The lowest BCUT2D eigenvalue weighted by Crippen LogP contribution is -2.14. The van der Waals surface area contributed by atoms with Crippen LogP contribution in [0.4, 0.5) is 5.69 Å². The Morgan fingerprint density at radius 3 is 2.11 bits per heavy atom. The van der Waals surface area contributed by atoms with E-state index in [1.165, 1.54) is 11.3 Å². The molecule has 0 unspecified atom stereocenters. The quantitative estimate of drug-likeness (QED) is 0.760. The van der Waals surface area contributed by atoms with E-state index < -0.39 is 0 Å². The van der Waals surface area contributed by atoms with E-state index in [9.17, 15) is 0 Å². The molecule has 0 bridgehead atoms. The summed E-state index contributed by atoms with van der Waals surface area (Å²) < 4.78 is 0. The van der Waals surface area contributed by atoms with Crippen LogP contribution >= 0.6 is 11.8 Å². The smallest absolute Gasteiger partial charge is 0.0768 e. The molecule has 88 valence electrons. The summed E-state index contributed by atoms with van der Waals surface area (Å²) in [7, 11) is 0. The molecule has 18 heavy (non-hydrogen) atoms. The van der Waals surface area contributed by atoms with Crippen LogP contribution in [0.15, 0.2) is 77.7 Å². The number of hydrogen-bond donors (Lipinski definition) is 0. The van der Waals surface area contributed by atoms with Gasteiger partial charge in [0.2, 0.25) is 0 Å². The third-order valence-corrected chi connectivity index (χ3v) is 3.68. The predicted octanol–water partition coefficient (Wildman–Crippen LogP) is 4.71. The van der Waals surface area contributed by atoms with Gasteiger partial charge in [-0.05, 0) is 17.7 Å². The minimum Gasteiger partial charge on any atom is -0.304 e. The molecule has 0 saturated heterocycles. The molecule has 1 aliphatic heterocycles. The highest BCUT2D eigenvalue weighted by molar-refractivity contribution is 8.06. The largest absolute Gasteiger partial charge is 0.304 e. The molecule has 0 saturated carbocycles. The maximum atomic E-state index is 4.12. The Kier molecular flexibility index (Phi) is 2.95. The fraction of sp³-hybridized carbons (Fsp3) is 0. The van der Waals surface area contributed by atoms with Crippen molar-refractivity contribution in [1.82, 2.24) is 0 Å². The first-order chi connectivity index (χ1) is 8.86. The second-order valence-corrected chi connectivity index (χ2v) is 4.99. The van der Waals surface area contributed by atoms with Gasteiger partial charge < -0.3 is 4.90 Å². The molecular formula is C16H13NS. The number of rotatable bonds is 2. The van der Waals surface area contributed by atoms with Gasteiger partial charge in [0.25, 0.3) is 0 Å². The van der Waals surface area contributed by atoms with Crippen LogP contribution < -0.4 is 4.90 Å². The van der Waals surface area contributed by atoms with Crippen molar-refractivity contribution < 1.29 is 0 Å². The lowest BCUT2D eigenvalue weighted by molar-refractivity contribution is 1.29. The zero-order valence-corrected chi connectivity index (χ0v) is 10.7. The summed E-state index contributed by atoms with van der Waals surface area (Å²) in [5.74, 6) is 0. The highest BCUT2D eigenvalue weighted by atomic mass is 32.2. The number of hydrogen-bond acceptors (Lipinski definition) is 2. The van der Waals surface area contributed by atoms with Gasteiger partial charge in [-0.15, -0.1) is 0 Å². The standard InChI is InChI=1S/C16H13NS/c1-13-17(15-10-6-3-7-11-15)16(12-18-13)14-8-4-2-5-9-14/h2-12H,1H2. The fourth-order valence-electron chi connectivity index (χ4n) is 2.03. The van der Waals surface area contributed by atoms with E-state index >= 15 is 0 Å². The van der Waals surface area contributed by atoms with Crippen LogP contribution in [-0.2, 0) is 0 Å². The Balaban J connectivity index is 2.03. The second kappa shape index (κ2) is 4.75. The van der Waals surface area contributed by atoms with Crippen LogP contribution in [0.3, 0.4) is 0 Å². The lowest BCUT2D eigenvalue weighted by atomic mass is 10.1. The molecule has 0 amide bonds. The summed E-state index contributed by atoms with van der Waals surface area (Å²) >= 11 is 1.67. The van der Waals surface area contributed by atoms with Gasteiger partial charge in [-0.3, -0.25) is 0 Å². The molecule has 2 aromatic rings. The fourth-order valence-corrected chi connectivity index (χ4v) is 2.83. The molecule has 0 atom stereocenters. The maximum absolute atomic E-state index is 4.12. The second-order valence-electron chi connectivity index (χ2n) is 4.05. The van der Waals surface area contributed by atoms with Gasteiger partial charge in [-0.1, -0.05) is 66.9 Å². The first-order valence-corrected chi connectivity index (χ1v) is 6.70. The SMILES string of the molecule is C=C1SC=C(c2ccccc2)N1c1ccccc1. The van der Waals surface area contributed by atoms with Crippen molar-refractivity contribution in [2.24, 2.45) is 0 Å². The summed E-state index contributed by atoms with van der Waals surface area (Å²) in [4.78, 5) is 2.19. The molecule has 0 aromatic heterocycles. The molecule has 1 heterocycles. The van der Waals surface area contributed by atoms with Crippen LogP contribution in [0.2, 0.25) is 0 Å². The first kappa shape index (κ1) is 11.2. The molecule has 3 rings (SSSR count). The summed E-state index contributed by atoms with van der Waals surface area (Å²) in [6.45, 7) is 4.12. The van der Waals surface area contributed by atoms with Crippen molar-refractivity contribution in [3.8, 4) is 0 Å². The summed E-state index contributed by atoms with van der Waals surface area (Å²) in [6.07, 6.45) is 0.